The van der Waals surface area contributed by atoms with Crippen LogP contribution in [0, 0.1) is 0 Å². The van der Waals surface area contributed by atoms with Gasteiger partial charge in [-0.3, -0.25) is 4.79 Å². The summed E-state index contributed by atoms with van der Waals surface area (Å²) >= 11 is 0. The largest absolute Gasteiger partial charge is 0.478 e. The fraction of sp³-hybridized carbons (Fsp3) is 0.0526. The Morgan fingerprint density at radius 3 is 1.83 bits per heavy atom. The van der Waals surface area contributed by atoms with Gasteiger partial charge in [-0.1, -0.05) is 54.6 Å². The molecular weight excluding hydrogens is 292 g/mol. The van der Waals surface area contributed by atoms with Gasteiger partial charge in [0.2, 0.25) is 0 Å². The fourth-order valence-electron chi connectivity index (χ4n) is 1.93. The molecule has 2 aromatic rings. The van der Waals surface area contributed by atoms with Gasteiger partial charge in [-0.15, -0.1) is 0 Å². The first-order valence-electron chi connectivity index (χ1n) is 7.02. The van der Waals surface area contributed by atoms with Crippen LogP contribution in [0.25, 0.3) is 12.2 Å². The fourth-order valence-corrected chi connectivity index (χ4v) is 1.93. The van der Waals surface area contributed by atoms with Crippen molar-refractivity contribution in [3.8, 4) is 0 Å². The summed E-state index contributed by atoms with van der Waals surface area (Å²) in [6, 6.07) is 13.9. The minimum absolute atomic E-state index is 0.0486. The van der Waals surface area contributed by atoms with E-state index in [0.29, 0.717) is 5.56 Å². The molecule has 0 fully saturated rings. The molecule has 0 heterocycles. The highest BCUT2D eigenvalue weighted by molar-refractivity contribution is 6.06. The van der Waals surface area contributed by atoms with E-state index in [0.717, 1.165) is 22.8 Å². The molecule has 0 aromatic heterocycles. The van der Waals surface area contributed by atoms with Gasteiger partial charge in [0.1, 0.15) is 0 Å². The van der Waals surface area contributed by atoms with E-state index in [-0.39, 0.29) is 12.4 Å². The van der Waals surface area contributed by atoms with Crippen molar-refractivity contribution in [1.29, 1.82) is 0 Å². The van der Waals surface area contributed by atoms with E-state index < -0.39 is 5.97 Å². The average Bonchev–Trinajstić information content (AvgIpc) is 2.58. The molecule has 4 nitrogen and oxygen atoms in total. The Morgan fingerprint density at radius 1 is 0.826 bits per heavy atom. The zero-order valence-electron chi connectivity index (χ0n) is 12.3. The molecule has 0 radical (unpaired) electrons. The summed E-state index contributed by atoms with van der Waals surface area (Å²) in [5.74, 6) is -1.11. The lowest BCUT2D eigenvalue weighted by Gasteiger charge is -1.99. The first-order valence-corrected chi connectivity index (χ1v) is 7.02. The number of ketones is 1. The van der Waals surface area contributed by atoms with Crippen molar-refractivity contribution in [3.05, 3.63) is 82.9 Å². The molecule has 116 valence electrons. The third-order valence-electron chi connectivity index (χ3n) is 3.20. The number of carboxylic acids is 1. The maximum atomic E-state index is 12.0. The van der Waals surface area contributed by atoms with Crippen molar-refractivity contribution >= 4 is 23.9 Å². The summed E-state index contributed by atoms with van der Waals surface area (Å²) < 4.78 is 0. The van der Waals surface area contributed by atoms with Crippen LogP contribution in [0.1, 0.15) is 27.0 Å². The summed E-state index contributed by atoms with van der Waals surface area (Å²) in [5, 5.41) is 17.5. The van der Waals surface area contributed by atoms with Gasteiger partial charge in [-0.25, -0.2) is 4.79 Å². The number of allylic oxidation sites excluding steroid dienone is 1. The Morgan fingerprint density at radius 2 is 1.35 bits per heavy atom. The number of carboxylic acid groups (broad SMARTS) is 1. The molecule has 2 N–H and O–H groups in total. The molecule has 0 saturated heterocycles. The molecule has 0 saturated carbocycles. The maximum absolute atomic E-state index is 12.0. The third-order valence-corrected chi connectivity index (χ3v) is 3.20. The molecule has 0 aliphatic rings. The van der Waals surface area contributed by atoms with Crippen LogP contribution in [-0.4, -0.2) is 22.0 Å². The van der Waals surface area contributed by atoms with E-state index in [2.05, 4.69) is 0 Å². The molecule has 0 aliphatic carbocycles. The second-order valence-electron chi connectivity index (χ2n) is 4.89. The maximum Gasteiger partial charge on any atom is 0.328 e. The van der Waals surface area contributed by atoms with Gasteiger partial charge >= 0.3 is 5.97 Å². The van der Waals surface area contributed by atoms with Crippen LogP contribution >= 0.6 is 0 Å². The highest BCUT2D eigenvalue weighted by Gasteiger charge is 2.01. The van der Waals surface area contributed by atoms with E-state index in [1.54, 1.807) is 54.6 Å². The minimum atomic E-state index is -0.994. The standard InChI is InChI=1S/C19H16O4/c20-13-16-5-9-17(10-6-16)18(21)11-7-14-1-3-15(4-2-14)8-12-19(22)23/h1-12,20H,13H2,(H,22,23)/b11-7+,12-8+. The zero-order chi connectivity index (χ0) is 16.7. The lowest BCUT2D eigenvalue weighted by molar-refractivity contribution is -0.131. The van der Waals surface area contributed by atoms with Crippen molar-refractivity contribution in [2.45, 2.75) is 6.61 Å². The molecule has 4 heteroatoms. The average molecular weight is 308 g/mol. The second-order valence-corrected chi connectivity index (χ2v) is 4.89. The number of rotatable bonds is 6. The lowest BCUT2D eigenvalue weighted by Crippen LogP contribution is -1.94. The Labute approximate surface area is 134 Å². The Balaban J connectivity index is 2.04. The van der Waals surface area contributed by atoms with Gasteiger partial charge in [0, 0.05) is 11.6 Å². The molecule has 0 aliphatic heterocycles. The van der Waals surface area contributed by atoms with Crippen molar-refractivity contribution in [2.75, 3.05) is 0 Å². The van der Waals surface area contributed by atoms with Gasteiger partial charge in [0.15, 0.2) is 5.78 Å². The molecule has 0 bridgehead atoms. The number of hydrogen-bond donors (Lipinski definition) is 2. The molecular formula is C19H16O4. The van der Waals surface area contributed by atoms with Crippen LogP contribution < -0.4 is 0 Å². The van der Waals surface area contributed by atoms with Crippen LogP contribution in [0.4, 0.5) is 0 Å². The van der Waals surface area contributed by atoms with Gasteiger partial charge < -0.3 is 10.2 Å². The first kappa shape index (κ1) is 16.4. The van der Waals surface area contributed by atoms with Crippen LogP contribution in [0.3, 0.4) is 0 Å². The predicted octanol–water partition coefficient (Wildman–Crippen LogP) is 3.17. The predicted molar refractivity (Wildman–Crippen MR) is 88.8 cm³/mol. The van der Waals surface area contributed by atoms with Crippen LogP contribution in [0.15, 0.2) is 60.7 Å². The van der Waals surface area contributed by atoms with E-state index in [1.165, 1.54) is 12.2 Å². The van der Waals surface area contributed by atoms with Crippen molar-refractivity contribution < 1.29 is 19.8 Å². The smallest absolute Gasteiger partial charge is 0.328 e. The van der Waals surface area contributed by atoms with Crippen molar-refractivity contribution in [2.24, 2.45) is 0 Å². The number of aliphatic hydroxyl groups is 1. The van der Waals surface area contributed by atoms with Gasteiger partial charge in [-0.2, -0.15) is 0 Å². The summed E-state index contributed by atoms with van der Waals surface area (Å²) in [6.07, 6.45) is 5.76. The molecule has 2 aromatic carbocycles. The molecule has 23 heavy (non-hydrogen) atoms. The van der Waals surface area contributed by atoms with E-state index in [4.69, 9.17) is 10.2 Å². The zero-order valence-corrected chi connectivity index (χ0v) is 12.3. The molecule has 0 unspecified atom stereocenters. The van der Waals surface area contributed by atoms with Crippen molar-refractivity contribution in [3.63, 3.8) is 0 Å². The van der Waals surface area contributed by atoms with E-state index in [1.807, 2.05) is 0 Å². The molecule has 2 rings (SSSR count). The SMILES string of the molecule is O=C(O)/C=C/c1ccc(/C=C/C(=O)c2ccc(CO)cc2)cc1. The summed E-state index contributed by atoms with van der Waals surface area (Å²) in [4.78, 5) is 22.5. The quantitative estimate of drug-likeness (QED) is 0.635. The van der Waals surface area contributed by atoms with Crippen LogP contribution in [0.5, 0.6) is 0 Å². The number of carbonyl (C=O) groups is 2. The van der Waals surface area contributed by atoms with Crippen LogP contribution in [0.2, 0.25) is 0 Å². The number of aliphatic carboxylic acids is 1. The second kappa shape index (κ2) is 7.87. The van der Waals surface area contributed by atoms with Gasteiger partial charge in [0.25, 0.3) is 0 Å². The number of carbonyl (C=O) groups excluding carboxylic acids is 1. The highest BCUT2D eigenvalue weighted by Crippen LogP contribution is 2.10. The summed E-state index contributed by atoms with van der Waals surface area (Å²) in [7, 11) is 0. The Kier molecular flexibility index (Phi) is 5.61. The third kappa shape index (κ3) is 5.05. The highest BCUT2D eigenvalue weighted by atomic mass is 16.4. The topological polar surface area (TPSA) is 74.6 Å². The van der Waals surface area contributed by atoms with Gasteiger partial charge in [-0.05, 0) is 28.8 Å². The van der Waals surface area contributed by atoms with E-state index >= 15 is 0 Å². The van der Waals surface area contributed by atoms with Crippen LogP contribution in [-0.2, 0) is 11.4 Å². The van der Waals surface area contributed by atoms with Gasteiger partial charge in [0.05, 0.1) is 6.61 Å². The molecule has 0 atom stereocenters. The minimum Gasteiger partial charge on any atom is -0.478 e. The summed E-state index contributed by atoms with van der Waals surface area (Å²) in [5.41, 5.74) is 2.93. The number of aliphatic hydroxyl groups excluding tert-OH is 1. The van der Waals surface area contributed by atoms with Crippen molar-refractivity contribution in [1.82, 2.24) is 0 Å². The Hall–Kier alpha value is -2.98. The Bertz CT molecular complexity index is 738. The lowest BCUT2D eigenvalue weighted by atomic mass is 10.1. The first-order chi connectivity index (χ1) is 11.1. The number of hydrogen-bond acceptors (Lipinski definition) is 3. The molecule has 0 amide bonds. The number of benzene rings is 2. The normalized spacial score (nSPS) is 11.2. The monoisotopic (exact) mass is 308 g/mol. The molecule has 0 spiro atoms. The van der Waals surface area contributed by atoms with E-state index in [9.17, 15) is 9.59 Å². The summed E-state index contributed by atoms with van der Waals surface area (Å²) in [6.45, 7) is -0.0486.